The van der Waals surface area contributed by atoms with Crippen molar-refractivity contribution in [1.82, 2.24) is 5.32 Å². The first-order valence-electron chi connectivity index (χ1n) is 8.22. The minimum absolute atomic E-state index is 0.0733. The van der Waals surface area contributed by atoms with Crippen molar-refractivity contribution in [2.45, 2.75) is 52.9 Å². The highest BCUT2D eigenvalue weighted by atomic mass is 32.2. The van der Waals surface area contributed by atoms with Gasteiger partial charge < -0.3 is 10.4 Å². The molecule has 1 unspecified atom stereocenters. The second-order valence-corrected chi connectivity index (χ2v) is 8.42. The summed E-state index contributed by atoms with van der Waals surface area (Å²) >= 11 is 1.48. The molecule has 0 aromatic heterocycles. The number of carboxylic acid groups (broad SMARTS) is 1. The normalized spacial score (nSPS) is 21.2. The summed E-state index contributed by atoms with van der Waals surface area (Å²) in [6.07, 6.45) is 2.66. The molecule has 0 aromatic rings. The highest BCUT2D eigenvalue weighted by molar-refractivity contribution is 8.03. The first-order valence-corrected chi connectivity index (χ1v) is 9.21. The molecule has 0 saturated carbocycles. The fourth-order valence-electron chi connectivity index (χ4n) is 3.20. The van der Waals surface area contributed by atoms with Crippen LogP contribution in [0.2, 0.25) is 0 Å². The molecule has 0 fully saturated rings. The van der Waals surface area contributed by atoms with Crippen molar-refractivity contribution in [3.63, 3.8) is 0 Å². The molecular weight excluding hydrogens is 324 g/mol. The van der Waals surface area contributed by atoms with Crippen molar-refractivity contribution in [3.8, 4) is 6.07 Å². The Balaban J connectivity index is 2.16. The van der Waals surface area contributed by atoms with Gasteiger partial charge in [0.1, 0.15) is 6.07 Å². The van der Waals surface area contributed by atoms with E-state index in [1.807, 2.05) is 0 Å². The Morgan fingerprint density at radius 1 is 1.38 bits per heavy atom. The number of amides is 1. The van der Waals surface area contributed by atoms with Crippen LogP contribution in [0.25, 0.3) is 0 Å². The maximum Gasteiger partial charge on any atom is 0.303 e. The molecule has 0 aromatic carbocycles. The standard InChI is InChI=1S/C18H24N2O3S/c1-18(2,3)12-4-5-13-11(8-12)10-24-17(14(13)9-19)20-15(21)6-7-16(22)23/h12H,4-8,10H2,1-3H3,(H,20,21)(H,22,23). The third-order valence-electron chi connectivity index (χ3n) is 4.74. The van der Waals surface area contributed by atoms with E-state index in [0.717, 1.165) is 30.6 Å². The summed E-state index contributed by atoms with van der Waals surface area (Å²) in [5.41, 5.74) is 3.24. The Kier molecular flexibility index (Phi) is 5.76. The average molecular weight is 348 g/mol. The zero-order valence-corrected chi connectivity index (χ0v) is 15.3. The molecule has 1 heterocycles. The molecule has 1 aliphatic heterocycles. The summed E-state index contributed by atoms with van der Waals surface area (Å²) in [4.78, 5) is 22.4. The Bertz CT molecular complexity index is 650. The number of nitrogens with zero attached hydrogens (tertiary/aromatic N) is 1. The molecule has 2 aliphatic rings. The van der Waals surface area contributed by atoms with E-state index in [0.29, 0.717) is 16.5 Å². The number of nitrogens with one attached hydrogen (secondary N) is 1. The summed E-state index contributed by atoms with van der Waals surface area (Å²) in [5.74, 6) is 0.0618. The van der Waals surface area contributed by atoms with E-state index >= 15 is 0 Å². The van der Waals surface area contributed by atoms with Gasteiger partial charge in [-0.2, -0.15) is 5.26 Å². The number of carbonyl (C=O) groups excluding carboxylic acids is 1. The molecule has 5 nitrogen and oxygen atoms in total. The number of thioether (sulfide) groups is 1. The second kappa shape index (κ2) is 7.43. The fraction of sp³-hybridized carbons (Fsp3) is 0.611. The van der Waals surface area contributed by atoms with Gasteiger partial charge >= 0.3 is 5.97 Å². The number of carboxylic acids is 1. The molecule has 2 rings (SSSR count). The zero-order chi connectivity index (χ0) is 17.9. The molecule has 2 N–H and O–H groups in total. The van der Waals surface area contributed by atoms with Crippen LogP contribution in [0.15, 0.2) is 21.7 Å². The van der Waals surface area contributed by atoms with Gasteiger partial charge in [0.2, 0.25) is 5.91 Å². The van der Waals surface area contributed by atoms with Crippen LogP contribution in [0.1, 0.15) is 52.9 Å². The third kappa shape index (κ3) is 4.41. The van der Waals surface area contributed by atoms with Crippen LogP contribution in [0.3, 0.4) is 0 Å². The van der Waals surface area contributed by atoms with E-state index in [1.54, 1.807) is 0 Å². The average Bonchev–Trinajstić information content (AvgIpc) is 2.51. The van der Waals surface area contributed by atoms with Gasteiger partial charge in [0.25, 0.3) is 0 Å². The molecule has 6 heteroatoms. The highest BCUT2D eigenvalue weighted by Gasteiger charge is 2.33. The van der Waals surface area contributed by atoms with Gasteiger partial charge in [-0.05, 0) is 36.2 Å². The Labute approximate surface area is 147 Å². The molecule has 0 saturated heterocycles. The maximum atomic E-state index is 11.9. The van der Waals surface area contributed by atoms with Gasteiger partial charge in [-0.1, -0.05) is 26.3 Å². The number of hydrogen-bond acceptors (Lipinski definition) is 4. The van der Waals surface area contributed by atoms with Gasteiger partial charge in [-0.15, -0.1) is 11.8 Å². The first-order chi connectivity index (χ1) is 11.2. The summed E-state index contributed by atoms with van der Waals surface area (Å²) in [7, 11) is 0. The van der Waals surface area contributed by atoms with Crippen LogP contribution < -0.4 is 5.32 Å². The smallest absolute Gasteiger partial charge is 0.303 e. The minimum Gasteiger partial charge on any atom is -0.481 e. The van der Waals surface area contributed by atoms with Crippen LogP contribution >= 0.6 is 11.8 Å². The molecule has 1 atom stereocenters. The number of hydrogen-bond donors (Lipinski definition) is 2. The summed E-state index contributed by atoms with van der Waals surface area (Å²) in [5, 5.41) is 21.5. The molecule has 1 amide bonds. The SMILES string of the molecule is CC(C)(C)C1CCC2=C(CSC(NC(=O)CCC(=O)O)=C2C#N)C1. The van der Waals surface area contributed by atoms with E-state index < -0.39 is 5.97 Å². The predicted octanol–water partition coefficient (Wildman–Crippen LogP) is 3.59. The van der Waals surface area contributed by atoms with E-state index in [1.165, 1.54) is 17.3 Å². The van der Waals surface area contributed by atoms with Crippen molar-refractivity contribution in [2.75, 3.05) is 5.75 Å². The van der Waals surface area contributed by atoms with Crippen LogP contribution in [-0.4, -0.2) is 22.7 Å². The number of nitriles is 1. The molecule has 0 radical (unpaired) electrons. The lowest BCUT2D eigenvalue weighted by atomic mass is 9.70. The Morgan fingerprint density at radius 2 is 2.08 bits per heavy atom. The lowest BCUT2D eigenvalue weighted by Gasteiger charge is -2.37. The highest BCUT2D eigenvalue weighted by Crippen LogP contribution is 2.46. The minimum atomic E-state index is -0.999. The van der Waals surface area contributed by atoms with Crippen LogP contribution in [0.5, 0.6) is 0 Å². The number of rotatable bonds is 4. The van der Waals surface area contributed by atoms with Crippen LogP contribution in [-0.2, 0) is 9.59 Å². The fourth-order valence-corrected chi connectivity index (χ4v) is 4.31. The lowest BCUT2D eigenvalue weighted by molar-refractivity contribution is -0.138. The summed E-state index contributed by atoms with van der Waals surface area (Å²) < 4.78 is 0. The molecule has 1 aliphatic carbocycles. The molecule has 130 valence electrons. The van der Waals surface area contributed by atoms with Crippen molar-refractivity contribution < 1.29 is 14.7 Å². The molecule has 0 bridgehead atoms. The second-order valence-electron chi connectivity index (χ2n) is 7.43. The molecule has 0 spiro atoms. The van der Waals surface area contributed by atoms with E-state index in [4.69, 9.17) is 5.11 Å². The van der Waals surface area contributed by atoms with Crippen molar-refractivity contribution in [1.29, 1.82) is 5.26 Å². The quantitative estimate of drug-likeness (QED) is 0.810. The van der Waals surface area contributed by atoms with Crippen LogP contribution in [0.4, 0.5) is 0 Å². The monoisotopic (exact) mass is 348 g/mol. The summed E-state index contributed by atoms with van der Waals surface area (Å²) in [6, 6.07) is 2.25. The number of aliphatic carboxylic acids is 1. The third-order valence-corrected chi connectivity index (χ3v) is 5.83. The van der Waals surface area contributed by atoms with Gasteiger partial charge in [0.05, 0.1) is 17.0 Å². The summed E-state index contributed by atoms with van der Waals surface area (Å²) in [6.45, 7) is 6.77. The lowest BCUT2D eigenvalue weighted by Crippen LogP contribution is -2.29. The van der Waals surface area contributed by atoms with Crippen molar-refractivity contribution in [2.24, 2.45) is 11.3 Å². The largest absolute Gasteiger partial charge is 0.481 e. The van der Waals surface area contributed by atoms with Gasteiger partial charge in [-0.3, -0.25) is 9.59 Å². The van der Waals surface area contributed by atoms with Crippen LogP contribution in [0, 0.1) is 22.7 Å². The Morgan fingerprint density at radius 3 is 2.67 bits per heavy atom. The molecule has 24 heavy (non-hydrogen) atoms. The zero-order valence-electron chi connectivity index (χ0n) is 14.4. The van der Waals surface area contributed by atoms with E-state index in [2.05, 4.69) is 32.2 Å². The van der Waals surface area contributed by atoms with E-state index in [9.17, 15) is 14.9 Å². The number of carbonyl (C=O) groups is 2. The first kappa shape index (κ1) is 18.6. The topological polar surface area (TPSA) is 90.2 Å². The van der Waals surface area contributed by atoms with Gasteiger partial charge in [0.15, 0.2) is 0 Å². The van der Waals surface area contributed by atoms with E-state index in [-0.39, 0.29) is 24.2 Å². The molecular formula is C18H24N2O3S. The Hall–Kier alpha value is -1.74. The number of allylic oxidation sites excluding steroid dienone is 2. The predicted molar refractivity (Wildman–Crippen MR) is 93.9 cm³/mol. The van der Waals surface area contributed by atoms with Gasteiger partial charge in [0, 0.05) is 12.2 Å². The van der Waals surface area contributed by atoms with Gasteiger partial charge in [-0.25, -0.2) is 0 Å². The van der Waals surface area contributed by atoms with Crippen molar-refractivity contribution >= 4 is 23.6 Å². The van der Waals surface area contributed by atoms with Crippen molar-refractivity contribution in [3.05, 3.63) is 21.7 Å². The maximum absolute atomic E-state index is 11.9.